The minimum Gasteiger partial charge on any atom is -0.384 e. The molecule has 96 valence electrons. The van der Waals surface area contributed by atoms with Crippen LogP contribution in [0.3, 0.4) is 0 Å². The Morgan fingerprint density at radius 3 is 2.67 bits per heavy atom. The fraction of sp³-hybridized carbons (Fsp3) is 0.400. The van der Waals surface area contributed by atoms with Gasteiger partial charge in [0.25, 0.3) is 0 Å². The van der Waals surface area contributed by atoms with Gasteiger partial charge >= 0.3 is 0 Å². The van der Waals surface area contributed by atoms with Gasteiger partial charge in [0.2, 0.25) is 0 Å². The van der Waals surface area contributed by atoms with Gasteiger partial charge in [-0.05, 0) is 23.5 Å². The Balaban J connectivity index is 2.03. The van der Waals surface area contributed by atoms with Crippen molar-refractivity contribution in [3.05, 3.63) is 46.1 Å². The number of allylic oxidation sites excluding steroid dienone is 2. The first-order valence-corrected chi connectivity index (χ1v) is 6.96. The summed E-state index contributed by atoms with van der Waals surface area (Å²) in [6, 6.07) is 8.13. The summed E-state index contributed by atoms with van der Waals surface area (Å²) in [5, 5.41) is 3.38. The number of benzene rings is 1. The highest BCUT2D eigenvalue weighted by atomic mass is 79.9. The maximum atomic E-state index is 11.6. The number of nitrogens with one attached hydrogen (secondary N) is 1. The summed E-state index contributed by atoms with van der Waals surface area (Å²) >= 11 is 3.53. The molecule has 18 heavy (non-hydrogen) atoms. The van der Waals surface area contributed by atoms with Crippen LogP contribution in [0.5, 0.6) is 0 Å². The standard InChI is InChI=1S/C15H18BrNO/c1-15(2)8-12(7-13(18)9-15)17-10-11-5-3-4-6-14(11)16/h3-7,17H,8-10H2,1-2H3. The minimum atomic E-state index is 0.0715. The van der Waals surface area contributed by atoms with E-state index in [0.29, 0.717) is 6.42 Å². The quantitative estimate of drug-likeness (QED) is 0.920. The van der Waals surface area contributed by atoms with E-state index < -0.39 is 0 Å². The largest absolute Gasteiger partial charge is 0.384 e. The Morgan fingerprint density at radius 1 is 1.28 bits per heavy atom. The zero-order valence-electron chi connectivity index (χ0n) is 10.8. The molecule has 1 aromatic rings. The Bertz CT molecular complexity index is 491. The van der Waals surface area contributed by atoms with Gasteiger partial charge in [-0.1, -0.05) is 48.0 Å². The Kier molecular flexibility index (Phi) is 3.91. The van der Waals surface area contributed by atoms with Crippen LogP contribution in [-0.2, 0) is 11.3 Å². The van der Waals surface area contributed by atoms with Crippen molar-refractivity contribution in [1.82, 2.24) is 5.32 Å². The second-order valence-corrected chi connectivity index (χ2v) is 6.45. The maximum Gasteiger partial charge on any atom is 0.157 e. The minimum absolute atomic E-state index is 0.0715. The van der Waals surface area contributed by atoms with Crippen LogP contribution in [0.4, 0.5) is 0 Å². The number of hydrogen-bond acceptors (Lipinski definition) is 2. The molecule has 0 aromatic heterocycles. The van der Waals surface area contributed by atoms with Gasteiger partial charge in [0.15, 0.2) is 5.78 Å². The molecule has 0 fully saturated rings. The summed E-state index contributed by atoms with van der Waals surface area (Å²) in [6.07, 6.45) is 3.33. The molecule has 0 atom stereocenters. The van der Waals surface area contributed by atoms with E-state index in [-0.39, 0.29) is 11.2 Å². The van der Waals surface area contributed by atoms with Gasteiger partial charge in [0.05, 0.1) is 0 Å². The van der Waals surface area contributed by atoms with Crippen LogP contribution in [0.1, 0.15) is 32.3 Å². The molecule has 0 saturated carbocycles. The molecule has 1 aliphatic rings. The summed E-state index contributed by atoms with van der Waals surface area (Å²) in [5.74, 6) is 0.223. The molecule has 1 aliphatic carbocycles. The number of ketones is 1. The molecule has 0 unspecified atom stereocenters. The molecular weight excluding hydrogens is 290 g/mol. The third kappa shape index (κ3) is 3.45. The number of carbonyl (C=O) groups is 1. The molecule has 0 bridgehead atoms. The lowest BCUT2D eigenvalue weighted by atomic mass is 9.79. The molecule has 2 nitrogen and oxygen atoms in total. The first-order chi connectivity index (χ1) is 8.46. The van der Waals surface area contributed by atoms with Gasteiger partial charge in [0.1, 0.15) is 0 Å². The molecule has 0 radical (unpaired) electrons. The van der Waals surface area contributed by atoms with Crippen molar-refractivity contribution in [3.63, 3.8) is 0 Å². The van der Waals surface area contributed by atoms with E-state index in [9.17, 15) is 4.79 Å². The summed E-state index contributed by atoms with van der Waals surface area (Å²) < 4.78 is 1.10. The Hall–Kier alpha value is -1.09. The average Bonchev–Trinajstić information content (AvgIpc) is 2.25. The first kappa shape index (κ1) is 13.3. The van der Waals surface area contributed by atoms with Crippen molar-refractivity contribution in [1.29, 1.82) is 0 Å². The van der Waals surface area contributed by atoms with Crippen molar-refractivity contribution in [3.8, 4) is 0 Å². The van der Waals surface area contributed by atoms with Crippen LogP contribution >= 0.6 is 15.9 Å². The summed E-state index contributed by atoms with van der Waals surface area (Å²) in [6.45, 7) is 5.02. The van der Waals surface area contributed by atoms with Crippen LogP contribution in [0, 0.1) is 5.41 Å². The van der Waals surface area contributed by atoms with Gasteiger partial charge in [-0.3, -0.25) is 4.79 Å². The predicted octanol–water partition coefficient (Wildman–Crippen LogP) is 3.81. The first-order valence-electron chi connectivity index (χ1n) is 6.17. The van der Waals surface area contributed by atoms with Gasteiger partial charge in [-0.15, -0.1) is 0 Å². The average molecular weight is 308 g/mol. The number of rotatable bonds is 3. The van der Waals surface area contributed by atoms with Crippen LogP contribution in [0.25, 0.3) is 0 Å². The van der Waals surface area contributed by atoms with E-state index in [1.165, 1.54) is 5.56 Å². The monoisotopic (exact) mass is 307 g/mol. The third-order valence-electron chi connectivity index (χ3n) is 3.12. The van der Waals surface area contributed by atoms with E-state index >= 15 is 0 Å². The number of carbonyl (C=O) groups excluding carboxylic acids is 1. The zero-order valence-corrected chi connectivity index (χ0v) is 12.4. The van der Waals surface area contributed by atoms with Crippen molar-refractivity contribution in [2.75, 3.05) is 0 Å². The lowest BCUT2D eigenvalue weighted by Crippen LogP contribution is -2.27. The fourth-order valence-corrected chi connectivity index (χ4v) is 2.74. The van der Waals surface area contributed by atoms with Gasteiger partial charge in [0, 0.05) is 29.2 Å². The highest BCUT2D eigenvalue weighted by Gasteiger charge is 2.27. The second-order valence-electron chi connectivity index (χ2n) is 5.60. The molecule has 0 amide bonds. The van der Waals surface area contributed by atoms with Crippen LogP contribution < -0.4 is 5.32 Å². The van der Waals surface area contributed by atoms with Gasteiger partial charge in [-0.2, -0.15) is 0 Å². The van der Waals surface area contributed by atoms with E-state index in [1.54, 1.807) is 6.08 Å². The Morgan fingerprint density at radius 2 is 2.00 bits per heavy atom. The van der Waals surface area contributed by atoms with Crippen LogP contribution in [0.15, 0.2) is 40.5 Å². The lowest BCUT2D eigenvalue weighted by Gasteiger charge is -2.29. The van der Waals surface area contributed by atoms with Crippen molar-refractivity contribution in [2.24, 2.45) is 5.41 Å². The molecule has 1 N–H and O–H groups in total. The van der Waals surface area contributed by atoms with E-state index in [4.69, 9.17) is 0 Å². The smallest absolute Gasteiger partial charge is 0.157 e. The van der Waals surface area contributed by atoms with Crippen molar-refractivity contribution in [2.45, 2.75) is 33.2 Å². The van der Waals surface area contributed by atoms with Gasteiger partial charge < -0.3 is 5.32 Å². The normalized spacial score (nSPS) is 18.4. The molecular formula is C15H18BrNO. The predicted molar refractivity (Wildman–Crippen MR) is 77.1 cm³/mol. The van der Waals surface area contributed by atoms with Crippen molar-refractivity contribution < 1.29 is 4.79 Å². The van der Waals surface area contributed by atoms with Crippen LogP contribution in [0.2, 0.25) is 0 Å². The highest BCUT2D eigenvalue weighted by molar-refractivity contribution is 9.10. The SMILES string of the molecule is CC1(C)CC(=O)C=C(NCc2ccccc2Br)C1. The molecule has 0 aliphatic heterocycles. The van der Waals surface area contributed by atoms with Crippen LogP contribution in [-0.4, -0.2) is 5.78 Å². The number of hydrogen-bond donors (Lipinski definition) is 1. The number of halogens is 1. The molecule has 1 aromatic carbocycles. The summed E-state index contributed by atoms with van der Waals surface area (Å²) in [7, 11) is 0. The van der Waals surface area contributed by atoms with Crippen molar-refractivity contribution >= 4 is 21.7 Å². The highest BCUT2D eigenvalue weighted by Crippen LogP contribution is 2.32. The van der Waals surface area contributed by atoms with E-state index in [1.807, 2.05) is 18.2 Å². The fourth-order valence-electron chi connectivity index (χ4n) is 2.31. The second kappa shape index (κ2) is 5.27. The third-order valence-corrected chi connectivity index (χ3v) is 3.89. The lowest BCUT2D eigenvalue weighted by molar-refractivity contribution is -0.117. The maximum absolute atomic E-state index is 11.6. The Labute approximate surface area is 117 Å². The van der Waals surface area contributed by atoms with Gasteiger partial charge in [-0.25, -0.2) is 0 Å². The molecule has 2 rings (SSSR count). The summed E-state index contributed by atoms with van der Waals surface area (Å²) in [5.41, 5.74) is 2.32. The molecule has 3 heteroatoms. The molecule has 0 saturated heterocycles. The molecule has 0 spiro atoms. The topological polar surface area (TPSA) is 29.1 Å². The van der Waals surface area contributed by atoms with E-state index in [2.05, 4.69) is 41.2 Å². The molecule has 0 heterocycles. The zero-order chi connectivity index (χ0) is 13.2. The van der Waals surface area contributed by atoms with E-state index in [0.717, 1.165) is 23.1 Å². The summed E-state index contributed by atoms with van der Waals surface area (Å²) in [4.78, 5) is 11.6.